The fourth-order valence-electron chi connectivity index (χ4n) is 0.884. The molecular weight excluding hydrogens is 195 g/mol. The van der Waals surface area contributed by atoms with E-state index in [4.69, 9.17) is 16.3 Å². The van der Waals surface area contributed by atoms with Gasteiger partial charge in [0.15, 0.2) is 11.0 Å². The molecule has 0 aromatic carbocycles. The molecule has 0 aliphatic carbocycles. The van der Waals surface area contributed by atoms with Gasteiger partial charge in [-0.05, 0) is 6.92 Å². The highest BCUT2D eigenvalue weighted by atomic mass is 35.5. The Morgan fingerprint density at radius 2 is 2.15 bits per heavy atom. The third-order valence-corrected chi connectivity index (χ3v) is 1.80. The summed E-state index contributed by atoms with van der Waals surface area (Å²) in [5.74, 6) is -0.0476. The van der Waals surface area contributed by atoms with E-state index in [0.29, 0.717) is 18.9 Å². The van der Waals surface area contributed by atoms with Gasteiger partial charge in [-0.3, -0.25) is 0 Å². The second kappa shape index (κ2) is 4.48. The molecule has 0 bridgehead atoms. The number of rotatable bonds is 3. The van der Waals surface area contributed by atoms with Crippen molar-refractivity contribution in [3.63, 3.8) is 0 Å². The van der Waals surface area contributed by atoms with E-state index < -0.39 is 5.82 Å². The van der Waals surface area contributed by atoms with Crippen molar-refractivity contribution in [2.24, 2.45) is 0 Å². The summed E-state index contributed by atoms with van der Waals surface area (Å²) in [5.41, 5.74) is 0.270. The molecule has 0 unspecified atom stereocenters. The highest BCUT2D eigenvalue weighted by molar-refractivity contribution is 6.29. The summed E-state index contributed by atoms with van der Waals surface area (Å²) in [5, 5.41) is -0.126. The zero-order valence-electron chi connectivity index (χ0n) is 7.47. The molecule has 0 amide bonds. The molecule has 0 saturated carbocycles. The molecule has 0 saturated heterocycles. The molecule has 1 heterocycles. The minimum Gasteiger partial charge on any atom is -0.384 e. The maximum atomic E-state index is 12.9. The molecule has 0 radical (unpaired) electrons. The van der Waals surface area contributed by atoms with E-state index in [2.05, 4.69) is 9.97 Å². The van der Waals surface area contributed by atoms with Crippen LogP contribution in [0.15, 0.2) is 0 Å². The second-order valence-corrected chi connectivity index (χ2v) is 2.93. The molecule has 0 fully saturated rings. The quantitative estimate of drug-likeness (QED) is 0.704. The number of ether oxygens (including phenoxy) is 1. The number of hydrogen-bond acceptors (Lipinski definition) is 3. The molecule has 1 aromatic heterocycles. The van der Waals surface area contributed by atoms with Gasteiger partial charge in [0.1, 0.15) is 5.82 Å². The summed E-state index contributed by atoms with van der Waals surface area (Å²) < 4.78 is 17.8. The van der Waals surface area contributed by atoms with Crippen molar-refractivity contribution < 1.29 is 9.13 Å². The zero-order chi connectivity index (χ0) is 9.84. The van der Waals surface area contributed by atoms with Crippen molar-refractivity contribution in [3.05, 3.63) is 22.5 Å². The Bertz CT molecular complexity index is 283. The van der Waals surface area contributed by atoms with Crippen LogP contribution in [-0.2, 0) is 11.2 Å². The van der Waals surface area contributed by atoms with Gasteiger partial charge in [0.25, 0.3) is 0 Å². The number of hydrogen-bond donors (Lipinski definition) is 0. The van der Waals surface area contributed by atoms with Crippen LogP contribution in [0.5, 0.6) is 0 Å². The van der Waals surface area contributed by atoms with Crippen molar-refractivity contribution in [1.82, 2.24) is 9.97 Å². The van der Waals surface area contributed by atoms with E-state index in [9.17, 15) is 4.39 Å². The first-order chi connectivity index (χ1) is 6.15. The Kier molecular flexibility index (Phi) is 3.57. The van der Waals surface area contributed by atoms with Gasteiger partial charge >= 0.3 is 0 Å². The lowest BCUT2D eigenvalue weighted by Gasteiger charge is -2.02. The van der Waals surface area contributed by atoms with Crippen molar-refractivity contribution >= 4 is 11.6 Å². The summed E-state index contributed by atoms with van der Waals surface area (Å²) in [7, 11) is 1.58. The first-order valence-corrected chi connectivity index (χ1v) is 4.20. The van der Waals surface area contributed by atoms with Crippen molar-refractivity contribution in [2.45, 2.75) is 13.3 Å². The predicted octanol–water partition coefficient (Wildman–Crippen LogP) is 1.77. The van der Waals surface area contributed by atoms with Gasteiger partial charge in [0.05, 0.1) is 12.3 Å². The van der Waals surface area contributed by atoms with Gasteiger partial charge in [-0.15, -0.1) is 0 Å². The molecule has 0 aliphatic heterocycles. The first-order valence-electron chi connectivity index (χ1n) is 3.82. The SMILES string of the molecule is COCCc1nc(C)c(F)c(Cl)n1. The van der Waals surface area contributed by atoms with Gasteiger partial charge in [-0.25, -0.2) is 14.4 Å². The van der Waals surface area contributed by atoms with E-state index in [-0.39, 0.29) is 10.8 Å². The summed E-state index contributed by atoms with van der Waals surface area (Å²) in [6, 6.07) is 0. The first kappa shape index (κ1) is 10.3. The van der Waals surface area contributed by atoms with Gasteiger partial charge in [0, 0.05) is 13.5 Å². The number of nitrogens with zero attached hydrogens (tertiary/aromatic N) is 2. The van der Waals surface area contributed by atoms with Crippen molar-refractivity contribution in [3.8, 4) is 0 Å². The van der Waals surface area contributed by atoms with Crippen LogP contribution in [0.3, 0.4) is 0 Å². The van der Waals surface area contributed by atoms with E-state index in [0.717, 1.165) is 0 Å². The van der Waals surface area contributed by atoms with Gasteiger partial charge < -0.3 is 4.74 Å². The number of aromatic nitrogens is 2. The Hall–Kier alpha value is -0.740. The van der Waals surface area contributed by atoms with Gasteiger partial charge in [0.2, 0.25) is 0 Å². The van der Waals surface area contributed by atoms with E-state index in [1.54, 1.807) is 14.0 Å². The van der Waals surface area contributed by atoms with Crippen LogP contribution in [0.1, 0.15) is 11.5 Å². The number of halogens is 2. The van der Waals surface area contributed by atoms with E-state index >= 15 is 0 Å². The van der Waals surface area contributed by atoms with Crippen molar-refractivity contribution in [1.29, 1.82) is 0 Å². The van der Waals surface area contributed by atoms with E-state index in [1.165, 1.54) is 0 Å². The minimum absolute atomic E-state index is 0.126. The highest BCUT2D eigenvalue weighted by Gasteiger charge is 2.08. The average molecular weight is 205 g/mol. The Balaban J connectivity index is 2.86. The largest absolute Gasteiger partial charge is 0.384 e. The van der Waals surface area contributed by atoms with E-state index in [1.807, 2.05) is 0 Å². The maximum Gasteiger partial charge on any atom is 0.181 e. The summed E-state index contributed by atoms with van der Waals surface area (Å²) in [6.07, 6.45) is 0.539. The third kappa shape index (κ3) is 2.60. The third-order valence-electron chi connectivity index (χ3n) is 1.55. The molecule has 3 nitrogen and oxygen atoms in total. The fourth-order valence-corrected chi connectivity index (χ4v) is 1.12. The molecule has 5 heteroatoms. The van der Waals surface area contributed by atoms with Crippen LogP contribution in [0.2, 0.25) is 5.15 Å². The van der Waals surface area contributed by atoms with Crippen LogP contribution in [0.25, 0.3) is 0 Å². The smallest absolute Gasteiger partial charge is 0.181 e. The molecule has 0 N–H and O–H groups in total. The predicted molar refractivity (Wildman–Crippen MR) is 47.3 cm³/mol. The molecule has 72 valence electrons. The topological polar surface area (TPSA) is 35.0 Å². The highest BCUT2D eigenvalue weighted by Crippen LogP contribution is 2.13. The lowest BCUT2D eigenvalue weighted by atomic mass is 10.3. The minimum atomic E-state index is -0.553. The molecule has 0 atom stereocenters. The van der Waals surface area contributed by atoms with Crippen molar-refractivity contribution in [2.75, 3.05) is 13.7 Å². The average Bonchev–Trinajstić information content (AvgIpc) is 2.10. The molecule has 1 aromatic rings. The zero-order valence-corrected chi connectivity index (χ0v) is 8.23. The molecule has 0 aliphatic rings. The lowest BCUT2D eigenvalue weighted by Crippen LogP contribution is -2.04. The second-order valence-electron chi connectivity index (χ2n) is 2.57. The normalized spacial score (nSPS) is 10.5. The Morgan fingerprint density at radius 3 is 2.69 bits per heavy atom. The Labute approximate surface area is 80.9 Å². The van der Waals surface area contributed by atoms with Crippen LogP contribution >= 0.6 is 11.6 Å². The lowest BCUT2D eigenvalue weighted by molar-refractivity contribution is 0.200. The van der Waals surface area contributed by atoms with Crippen LogP contribution in [0, 0.1) is 12.7 Å². The number of aryl methyl sites for hydroxylation is 1. The standard InChI is InChI=1S/C8H10ClFN2O/c1-5-7(10)8(9)12-6(11-5)3-4-13-2/h3-4H2,1-2H3. The van der Waals surface area contributed by atoms with Crippen LogP contribution in [0.4, 0.5) is 4.39 Å². The van der Waals surface area contributed by atoms with Crippen LogP contribution < -0.4 is 0 Å². The summed E-state index contributed by atoms with van der Waals surface area (Å²) in [6.45, 7) is 2.06. The molecule has 0 spiro atoms. The fraction of sp³-hybridized carbons (Fsp3) is 0.500. The molecule has 1 rings (SSSR count). The maximum absolute atomic E-state index is 12.9. The summed E-state index contributed by atoms with van der Waals surface area (Å²) in [4.78, 5) is 7.69. The van der Waals surface area contributed by atoms with Gasteiger partial charge in [-0.2, -0.15) is 0 Å². The van der Waals surface area contributed by atoms with Crippen LogP contribution in [-0.4, -0.2) is 23.7 Å². The Morgan fingerprint density at radius 1 is 1.46 bits per heavy atom. The van der Waals surface area contributed by atoms with Gasteiger partial charge in [-0.1, -0.05) is 11.6 Å². The molecule has 13 heavy (non-hydrogen) atoms. The molecular formula is C8H10ClFN2O. The number of methoxy groups -OCH3 is 1. The summed E-state index contributed by atoms with van der Waals surface area (Å²) >= 11 is 5.53. The monoisotopic (exact) mass is 204 g/mol.